The molecule has 3 N–H and O–H groups in total. The molecule has 27 heavy (non-hydrogen) atoms. The Balaban J connectivity index is 1.49. The van der Waals surface area contributed by atoms with Crippen LogP contribution in [0.4, 0.5) is 5.82 Å². The van der Waals surface area contributed by atoms with Gasteiger partial charge in [-0.15, -0.1) is 0 Å². The Morgan fingerprint density at radius 1 is 1.22 bits per heavy atom. The molecule has 4 atom stereocenters. The van der Waals surface area contributed by atoms with Crippen LogP contribution in [0.5, 0.6) is 0 Å². The van der Waals surface area contributed by atoms with Crippen molar-refractivity contribution in [2.75, 3.05) is 19.5 Å². The number of nitrogens with zero attached hydrogens (tertiary/aromatic N) is 4. The summed E-state index contributed by atoms with van der Waals surface area (Å²) >= 11 is 0. The van der Waals surface area contributed by atoms with E-state index in [4.69, 9.17) is 19.9 Å². The number of imidazole rings is 1. The van der Waals surface area contributed by atoms with Crippen LogP contribution in [0.1, 0.15) is 11.8 Å². The number of benzene rings is 1. The largest absolute Gasteiger partial charge is 0.387 e. The summed E-state index contributed by atoms with van der Waals surface area (Å²) in [5.74, 6) is 0.286. The van der Waals surface area contributed by atoms with Gasteiger partial charge >= 0.3 is 0 Å². The van der Waals surface area contributed by atoms with Gasteiger partial charge in [0.1, 0.15) is 30.2 Å². The molecule has 1 saturated heterocycles. The first-order chi connectivity index (χ1) is 13.2. The maximum Gasteiger partial charge on any atom is 0.167 e. The molecule has 4 rings (SSSR count). The second-order valence-corrected chi connectivity index (χ2v) is 6.34. The molecule has 1 aliphatic heterocycles. The van der Waals surface area contributed by atoms with E-state index in [0.29, 0.717) is 17.8 Å². The molecule has 9 nitrogen and oxygen atoms in total. The van der Waals surface area contributed by atoms with Crippen molar-refractivity contribution in [2.45, 2.75) is 31.1 Å². The molecule has 1 aliphatic rings. The molecule has 0 radical (unpaired) electrons. The minimum atomic E-state index is -0.854. The summed E-state index contributed by atoms with van der Waals surface area (Å²) in [6.07, 6.45) is 0.335. The molecule has 142 valence electrons. The lowest BCUT2D eigenvalue weighted by molar-refractivity contribution is -0.0711. The Morgan fingerprint density at radius 2 is 2.04 bits per heavy atom. The van der Waals surface area contributed by atoms with Crippen LogP contribution in [0.15, 0.2) is 43.0 Å². The average molecular weight is 371 g/mol. The Kier molecular flexibility index (Phi) is 4.99. The molecular weight excluding hydrogens is 350 g/mol. The number of nitrogen functional groups attached to an aromatic ring is 1. The normalized spacial score (nSPS) is 25.3. The van der Waals surface area contributed by atoms with Crippen LogP contribution in [0.2, 0.25) is 0 Å². The van der Waals surface area contributed by atoms with Crippen molar-refractivity contribution in [3.05, 3.63) is 48.5 Å². The molecule has 0 amide bonds. The van der Waals surface area contributed by atoms with Gasteiger partial charge in [-0.1, -0.05) is 30.3 Å². The third-order valence-electron chi connectivity index (χ3n) is 4.64. The highest BCUT2D eigenvalue weighted by atomic mass is 16.6. The van der Waals surface area contributed by atoms with Crippen LogP contribution < -0.4 is 5.73 Å². The van der Waals surface area contributed by atoms with Gasteiger partial charge in [0.05, 0.1) is 19.5 Å². The third kappa shape index (κ3) is 3.37. The SMILES string of the molecule is CO[C@@H]1[C@H](O)[C@@H](COCc2ccccc2)O[C@H]1n1cnc2c(N)ncnc21. The molecule has 1 fully saturated rings. The molecule has 0 bridgehead atoms. The van der Waals surface area contributed by atoms with Crippen LogP contribution in [0.3, 0.4) is 0 Å². The molecule has 3 heterocycles. The van der Waals surface area contributed by atoms with Crippen LogP contribution in [-0.4, -0.2) is 56.7 Å². The smallest absolute Gasteiger partial charge is 0.167 e. The van der Waals surface area contributed by atoms with E-state index in [9.17, 15) is 5.11 Å². The number of anilines is 1. The maximum atomic E-state index is 10.6. The van der Waals surface area contributed by atoms with Crippen molar-refractivity contribution in [3.63, 3.8) is 0 Å². The van der Waals surface area contributed by atoms with Gasteiger partial charge in [-0.25, -0.2) is 15.0 Å². The van der Waals surface area contributed by atoms with Crippen molar-refractivity contribution >= 4 is 17.0 Å². The van der Waals surface area contributed by atoms with E-state index < -0.39 is 24.5 Å². The van der Waals surface area contributed by atoms with Gasteiger partial charge in [0.15, 0.2) is 17.7 Å². The Bertz CT molecular complexity index is 903. The molecule has 0 unspecified atom stereocenters. The monoisotopic (exact) mass is 371 g/mol. The topological polar surface area (TPSA) is 118 Å². The van der Waals surface area contributed by atoms with Crippen LogP contribution in [0.25, 0.3) is 11.2 Å². The fraction of sp³-hybridized carbons (Fsp3) is 0.389. The Labute approximate surface area is 155 Å². The lowest BCUT2D eigenvalue weighted by Gasteiger charge is -2.19. The summed E-state index contributed by atoms with van der Waals surface area (Å²) in [7, 11) is 1.53. The van der Waals surface area contributed by atoms with Gasteiger partial charge in [-0.2, -0.15) is 0 Å². The molecule has 3 aromatic rings. The number of ether oxygens (including phenoxy) is 3. The lowest BCUT2D eigenvalue weighted by Crippen LogP contribution is -2.35. The number of hydrogen-bond donors (Lipinski definition) is 2. The minimum Gasteiger partial charge on any atom is -0.387 e. The van der Waals surface area contributed by atoms with E-state index in [-0.39, 0.29) is 12.4 Å². The fourth-order valence-electron chi connectivity index (χ4n) is 3.26. The average Bonchev–Trinajstić information content (AvgIpc) is 3.25. The first-order valence-electron chi connectivity index (χ1n) is 8.60. The predicted octanol–water partition coefficient (Wildman–Crippen LogP) is 0.899. The summed E-state index contributed by atoms with van der Waals surface area (Å²) in [6.45, 7) is 0.670. The van der Waals surface area contributed by atoms with Gasteiger partial charge < -0.3 is 25.1 Å². The number of aromatic nitrogens is 4. The van der Waals surface area contributed by atoms with Crippen LogP contribution in [0, 0.1) is 0 Å². The van der Waals surface area contributed by atoms with Crippen molar-refractivity contribution < 1.29 is 19.3 Å². The zero-order valence-electron chi connectivity index (χ0n) is 14.8. The quantitative estimate of drug-likeness (QED) is 0.656. The van der Waals surface area contributed by atoms with E-state index in [1.165, 1.54) is 13.4 Å². The zero-order chi connectivity index (χ0) is 18.8. The minimum absolute atomic E-state index is 0.232. The van der Waals surface area contributed by atoms with E-state index in [1.54, 1.807) is 10.9 Å². The van der Waals surface area contributed by atoms with Crippen molar-refractivity contribution in [2.24, 2.45) is 0 Å². The summed E-state index contributed by atoms with van der Waals surface area (Å²) in [5, 5.41) is 10.6. The first-order valence-corrected chi connectivity index (χ1v) is 8.60. The standard InChI is InChI=1S/C18H21N5O4/c1-25-15-14(24)12(8-26-7-11-5-3-2-4-6-11)27-18(15)23-10-22-13-16(19)20-9-21-17(13)23/h2-6,9-10,12,14-15,18,24H,7-8H2,1H3,(H2,19,20,21)/t12-,14-,15-,18-/m1/s1. The number of nitrogens with two attached hydrogens (primary N) is 1. The molecule has 1 aromatic carbocycles. The summed E-state index contributed by atoms with van der Waals surface area (Å²) in [5.41, 5.74) is 7.90. The van der Waals surface area contributed by atoms with Gasteiger partial charge in [-0.05, 0) is 5.56 Å². The number of hydrogen-bond acceptors (Lipinski definition) is 8. The van der Waals surface area contributed by atoms with E-state index in [1.807, 2.05) is 30.3 Å². The van der Waals surface area contributed by atoms with E-state index in [0.717, 1.165) is 5.56 Å². The summed E-state index contributed by atoms with van der Waals surface area (Å²) in [6, 6.07) is 9.82. The first kappa shape index (κ1) is 17.8. The molecule has 0 aliphatic carbocycles. The van der Waals surface area contributed by atoms with Crippen molar-refractivity contribution in [3.8, 4) is 0 Å². The van der Waals surface area contributed by atoms with Gasteiger partial charge in [0, 0.05) is 7.11 Å². The number of fused-ring (bicyclic) bond motifs is 1. The van der Waals surface area contributed by atoms with Crippen molar-refractivity contribution in [1.29, 1.82) is 0 Å². The molecule has 9 heteroatoms. The highest BCUT2D eigenvalue weighted by molar-refractivity contribution is 5.81. The number of methoxy groups -OCH3 is 1. The number of rotatable bonds is 6. The molecular formula is C18H21N5O4. The predicted molar refractivity (Wildman–Crippen MR) is 96.5 cm³/mol. The number of aliphatic hydroxyl groups is 1. The highest BCUT2D eigenvalue weighted by Crippen LogP contribution is 2.33. The molecule has 0 spiro atoms. The number of aliphatic hydroxyl groups excluding tert-OH is 1. The molecule has 2 aromatic heterocycles. The highest BCUT2D eigenvalue weighted by Gasteiger charge is 2.45. The second kappa shape index (κ2) is 7.57. The van der Waals surface area contributed by atoms with E-state index >= 15 is 0 Å². The van der Waals surface area contributed by atoms with Crippen molar-refractivity contribution in [1.82, 2.24) is 19.5 Å². The van der Waals surface area contributed by atoms with Crippen LogP contribution >= 0.6 is 0 Å². The summed E-state index contributed by atoms with van der Waals surface area (Å²) < 4.78 is 18.9. The maximum absolute atomic E-state index is 10.6. The zero-order valence-corrected chi connectivity index (χ0v) is 14.8. The Morgan fingerprint density at radius 3 is 2.81 bits per heavy atom. The third-order valence-corrected chi connectivity index (χ3v) is 4.64. The van der Waals surface area contributed by atoms with Gasteiger partial charge in [-0.3, -0.25) is 4.57 Å². The second-order valence-electron chi connectivity index (χ2n) is 6.34. The molecule has 0 saturated carbocycles. The van der Waals surface area contributed by atoms with E-state index in [2.05, 4.69) is 15.0 Å². The fourth-order valence-corrected chi connectivity index (χ4v) is 3.26. The lowest BCUT2D eigenvalue weighted by atomic mass is 10.1. The van der Waals surface area contributed by atoms with Crippen LogP contribution in [-0.2, 0) is 20.8 Å². The van der Waals surface area contributed by atoms with Gasteiger partial charge in [0.25, 0.3) is 0 Å². The van der Waals surface area contributed by atoms with Gasteiger partial charge in [0.2, 0.25) is 0 Å². The Hall–Kier alpha value is -2.59. The summed E-state index contributed by atoms with van der Waals surface area (Å²) in [4.78, 5) is 12.4.